The van der Waals surface area contributed by atoms with Gasteiger partial charge < -0.3 is 10.1 Å². The molecule has 0 bridgehead atoms. The van der Waals surface area contributed by atoms with Gasteiger partial charge in [-0.2, -0.15) is 0 Å². The summed E-state index contributed by atoms with van der Waals surface area (Å²) in [6.45, 7) is 6.05. The number of nitrogens with zero attached hydrogens (tertiary/aromatic N) is 1. The van der Waals surface area contributed by atoms with E-state index in [1.807, 2.05) is 25.1 Å². The Balaban J connectivity index is 1.88. The number of hydrogen-bond donors (Lipinski definition) is 2. The first-order valence-corrected chi connectivity index (χ1v) is 9.65. The van der Waals surface area contributed by atoms with Crippen molar-refractivity contribution in [2.45, 2.75) is 26.7 Å². The number of carbonyl (C=O) groups is 1. The Kier molecular flexibility index (Phi) is 7.47. The number of thiocarbonyl (C=S) groups is 1. The molecule has 7 nitrogen and oxygen atoms in total. The fraction of sp³-hybridized carbons (Fsp3) is 0.263. The lowest BCUT2D eigenvalue weighted by molar-refractivity contribution is -0.384. The first-order chi connectivity index (χ1) is 13.2. The predicted molar refractivity (Wildman–Crippen MR) is 116 cm³/mol. The highest BCUT2D eigenvalue weighted by molar-refractivity contribution is 9.10. The summed E-state index contributed by atoms with van der Waals surface area (Å²) in [6.07, 6.45) is 0. The fourth-order valence-corrected chi connectivity index (χ4v) is 3.26. The first-order valence-electron chi connectivity index (χ1n) is 8.45. The summed E-state index contributed by atoms with van der Waals surface area (Å²) in [5.74, 6) is 0.606. The van der Waals surface area contributed by atoms with E-state index in [1.165, 1.54) is 23.8 Å². The van der Waals surface area contributed by atoms with E-state index in [-0.39, 0.29) is 17.4 Å². The van der Waals surface area contributed by atoms with Gasteiger partial charge in [0.1, 0.15) is 5.75 Å². The average molecular weight is 466 g/mol. The van der Waals surface area contributed by atoms with Gasteiger partial charge in [-0.1, -0.05) is 19.9 Å². The van der Waals surface area contributed by atoms with E-state index in [1.54, 1.807) is 0 Å². The molecule has 0 radical (unpaired) electrons. The summed E-state index contributed by atoms with van der Waals surface area (Å²) in [4.78, 5) is 22.3. The maximum Gasteiger partial charge on any atom is 0.270 e. The van der Waals surface area contributed by atoms with Gasteiger partial charge in [-0.15, -0.1) is 0 Å². The normalized spacial score (nSPS) is 10.5. The van der Waals surface area contributed by atoms with Gasteiger partial charge in [0.2, 0.25) is 0 Å². The summed E-state index contributed by atoms with van der Waals surface area (Å²) in [5, 5.41) is 16.1. The maximum absolute atomic E-state index is 12.0. The van der Waals surface area contributed by atoms with E-state index in [9.17, 15) is 14.9 Å². The Labute approximate surface area is 176 Å². The van der Waals surface area contributed by atoms with Gasteiger partial charge in [-0.05, 0) is 70.3 Å². The van der Waals surface area contributed by atoms with Crippen molar-refractivity contribution in [3.63, 3.8) is 0 Å². The number of nitrogens with one attached hydrogen (secondary N) is 2. The van der Waals surface area contributed by atoms with Crippen LogP contribution in [0.25, 0.3) is 0 Å². The topological polar surface area (TPSA) is 93.5 Å². The highest BCUT2D eigenvalue weighted by atomic mass is 79.9. The SMILES string of the molecule is Cc1cc(OCC(=O)NC(=S)Nc2ccc([N+](=O)[O-])cc2Br)ccc1C(C)C. The van der Waals surface area contributed by atoms with Crippen LogP contribution in [-0.2, 0) is 4.79 Å². The Morgan fingerprint density at radius 2 is 2.00 bits per heavy atom. The van der Waals surface area contributed by atoms with E-state index >= 15 is 0 Å². The van der Waals surface area contributed by atoms with Crippen molar-refractivity contribution in [2.24, 2.45) is 0 Å². The molecule has 2 rings (SSSR count). The molecule has 0 saturated heterocycles. The van der Waals surface area contributed by atoms with Crippen LogP contribution < -0.4 is 15.4 Å². The van der Waals surface area contributed by atoms with Crippen LogP contribution in [0.5, 0.6) is 5.75 Å². The molecule has 0 aliphatic rings. The van der Waals surface area contributed by atoms with Crippen molar-refractivity contribution in [3.05, 3.63) is 62.1 Å². The Morgan fingerprint density at radius 1 is 1.29 bits per heavy atom. The van der Waals surface area contributed by atoms with Gasteiger partial charge in [0.15, 0.2) is 11.7 Å². The maximum atomic E-state index is 12.0. The lowest BCUT2D eigenvalue weighted by Gasteiger charge is -2.13. The summed E-state index contributed by atoms with van der Waals surface area (Å²) in [6, 6.07) is 9.90. The number of non-ortho nitro benzene ring substituents is 1. The molecule has 2 aromatic carbocycles. The van der Waals surface area contributed by atoms with Crippen molar-refractivity contribution in [1.82, 2.24) is 5.32 Å². The molecule has 28 heavy (non-hydrogen) atoms. The molecule has 0 heterocycles. The number of anilines is 1. The standard InChI is InChI=1S/C19H20BrN3O4S/c1-11(2)15-6-5-14(8-12(15)3)27-10-18(24)22-19(28)21-17-7-4-13(23(25)26)9-16(17)20/h4-9,11H,10H2,1-3H3,(H2,21,22,24,28). The molecular weight excluding hydrogens is 446 g/mol. The molecular formula is C19H20BrN3O4S. The second-order valence-corrected chi connectivity index (χ2v) is 7.65. The minimum Gasteiger partial charge on any atom is -0.484 e. The summed E-state index contributed by atoms with van der Waals surface area (Å²) >= 11 is 8.33. The molecule has 0 unspecified atom stereocenters. The number of ether oxygens (including phenoxy) is 1. The highest BCUT2D eigenvalue weighted by Gasteiger charge is 2.12. The predicted octanol–water partition coefficient (Wildman–Crippen LogP) is 4.68. The Hall–Kier alpha value is -2.52. The number of carbonyl (C=O) groups excluding carboxylic acids is 1. The van der Waals surface area contributed by atoms with Crippen LogP contribution >= 0.6 is 28.1 Å². The minimum absolute atomic E-state index is 0.0560. The van der Waals surface area contributed by atoms with Crippen LogP contribution in [0.4, 0.5) is 11.4 Å². The van der Waals surface area contributed by atoms with Crippen LogP contribution in [0.2, 0.25) is 0 Å². The molecule has 0 atom stereocenters. The third-order valence-electron chi connectivity index (χ3n) is 3.90. The Bertz CT molecular complexity index is 918. The van der Waals surface area contributed by atoms with Gasteiger partial charge in [-0.3, -0.25) is 20.2 Å². The first kappa shape index (κ1) is 21.8. The summed E-state index contributed by atoms with van der Waals surface area (Å²) in [7, 11) is 0. The number of benzene rings is 2. The molecule has 0 aromatic heterocycles. The van der Waals surface area contributed by atoms with Gasteiger partial charge in [-0.25, -0.2) is 0 Å². The number of hydrogen-bond acceptors (Lipinski definition) is 5. The number of amides is 1. The number of halogens is 1. The highest BCUT2D eigenvalue weighted by Crippen LogP contribution is 2.27. The third-order valence-corrected chi connectivity index (χ3v) is 4.76. The van der Waals surface area contributed by atoms with Crippen LogP contribution in [0.3, 0.4) is 0 Å². The molecule has 2 aromatic rings. The van der Waals surface area contributed by atoms with Crippen LogP contribution in [0.1, 0.15) is 30.9 Å². The molecule has 2 N–H and O–H groups in total. The number of rotatable bonds is 6. The molecule has 0 aliphatic carbocycles. The molecule has 148 valence electrons. The van der Waals surface area contributed by atoms with Crippen molar-refractivity contribution in [2.75, 3.05) is 11.9 Å². The fourth-order valence-electron chi connectivity index (χ4n) is 2.57. The molecule has 0 saturated carbocycles. The van der Waals surface area contributed by atoms with E-state index in [2.05, 4.69) is 40.4 Å². The second-order valence-electron chi connectivity index (χ2n) is 6.39. The monoisotopic (exact) mass is 465 g/mol. The summed E-state index contributed by atoms with van der Waals surface area (Å²) in [5.41, 5.74) is 2.78. The molecule has 9 heteroatoms. The third kappa shape index (κ3) is 6.00. The zero-order valence-corrected chi connectivity index (χ0v) is 18.0. The molecule has 0 fully saturated rings. The van der Waals surface area contributed by atoms with E-state index in [0.29, 0.717) is 21.8 Å². The summed E-state index contributed by atoms with van der Waals surface area (Å²) < 4.78 is 5.97. The van der Waals surface area contributed by atoms with E-state index < -0.39 is 10.8 Å². The second kappa shape index (κ2) is 9.61. The number of nitro groups is 1. The lowest BCUT2D eigenvalue weighted by Crippen LogP contribution is -2.37. The van der Waals surface area contributed by atoms with Crippen LogP contribution in [0, 0.1) is 17.0 Å². The number of aryl methyl sites for hydroxylation is 1. The lowest BCUT2D eigenvalue weighted by atomic mass is 9.98. The van der Waals surface area contributed by atoms with Gasteiger partial charge in [0.25, 0.3) is 11.6 Å². The zero-order valence-electron chi connectivity index (χ0n) is 15.6. The smallest absolute Gasteiger partial charge is 0.270 e. The van der Waals surface area contributed by atoms with Crippen molar-refractivity contribution < 1.29 is 14.5 Å². The van der Waals surface area contributed by atoms with Crippen molar-refractivity contribution >= 4 is 50.5 Å². The largest absolute Gasteiger partial charge is 0.484 e. The van der Waals surface area contributed by atoms with Gasteiger partial charge >= 0.3 is 0 Å². The average Bonchev–Trinajstić information content (AvgIpc) is 2.61. The minimum atomic E-state index is -0.499. The quantitative estimate of drug-likeness (QED) is 0.365. The molecule has 0 aliphatic heterocycles. The Morgan fingerprint density at radius 3 is 2.57 bits per heavy atom. The molecule has 1 amide bonds. The van der Waals surface area contributed by atoms with E-state index in [0.717, 1.165) is 5.56 Å². The number of nitro benzene ring substituents is 1. The van der Waals surface area contributed by atoms with Crippen molar-refractivity contribution in [1.29, 1.82) is 0 Å². The van der Waals surface area contributed by atoms with Gasteiger partial charge in [0.05, 0.1) is 10.6 Å². The van der Waals surface area contributed by atoms with Crippen LogP contribution in [-0.4, -0.2) is 22.5 Å². The van der Waals surface area contributed by atoms with Crippen molar-refractivity contribution in [3.8, 4) is 5.75 Å². The zero-order chi connectivity index (χ0) is 20.8. The van der Waals surface area contributed by atoms with Crippen LogP contribution in [0.15, 0.2) is 40.9 Å². The van der Waals surface area contributed by atoms with Gasteiger partial charge in [0, 0.05) is 16.6 Å². The van der Waals surface area contributed by atoms with E-state index in [4.69, 9.17) is 17.0 Å². The molecule has 0 spiro atoms.